The number of carbonyl (C=O) groups excluding carboxylic acids is 1. The summed E-state index contributed by atoms with van der Waals surface area (Å²) in [5.74, 6) is 1.28. The van der Waals surface area contributed by atoms with Crippen molar-refractivity contribution in [2.24, 2.45) is 0 Å². The highest BCUT2D eigenvalue weighted by atomic mass is 35.5. The number of aromatic nitrogens is 3. The van der Waals surface area contributed by atoms with Crippen molar-refractivity contribution in [2.75, 3.05) is 5.32 Å². The highest BCUT2D eigenvalue weighted by Gasteiger charge is 2.17. The Kier molecular flexibility index (Phi) is 4.40. The third-order valence-corrected chi connectivity index (χ3v) is 3.81. The molecule has 0 unspecified atom stereocenters. The van der Waals surface area contributed by atoms with Crippen molar-refractivity contribution in [3.8, 4) is 11.3 Å². The van der Waals surface area contributed by atoms with Gasteiger partial charge >= 0.3 is 0 Å². The molecule has 1 amide bonds. The summed E-state index contributed by atoms with van der Waals surface area (Å²) in [5.41, 5.74) is 0.733. The lowest BCUT2D eigenvalue weighted by Crippen LogP contribution is -2.12. The van der Waals surface area contributed by atoms with Gasteiger partial charge in [0.15, 0.2) is 5.76 Å². The summed E-state index contributed by atoms with van der Waals surface area (Å²) in [6.07, 6.45) is 0. The summed E-state index contributed by atoms with van der Waals surface area (Å²) in [5, 5.41) is 7.47. The molecule has 0 spiro atoms. The van der Waals surface area contributed by atoms with Gasteiger partial charge in [0, 0.05) is 11.6 Å². The molecule has 6 nitrogen and oxygen atoms in total. The van der Waals surface area contributed by atoms with Crippen LogP contribution < -0.4 is 5.32 Å². The molecule has 0 bridgehead atoms. The number of hydrogen-bond donors (Lipinski definition) is 1. The molecule has 3 rings (SSSR count). The van der Waals surface area contributed by atoms with E-state index in [0.29, 0.717) is 10.8 Å². The van der Waals surface area contributed by atoms with Crippen molar-refractivity contribution in [3.63, 3.8) is 0 Å². The van der Waals surface area contributed by atoms with E-state index in [1.807, 2.05) is 39.0 Å². The van der Waals surface area contributed by atoms with Gasteiger partial charge in [0.1, 0.15) is 11.6 Å². The molecule has 0 aliphatic rings. The van der Waals surface area contributed by atoms with E-state index in [2.05, 4.69) is 15.4 Å². The third-order valence-electron chi connectivity index (χ3n) is 3.49. The van der Waals surface area contributed by atoms with Gasteiger partial charge in [-0.1, -0.05) is 23.7 Å². The second-order valence-corrected chi connectivity index (χ2v) is 6.03. The first kappa shape index (κ1) is 16.3. The fourth-order valence-electron chi connectivity index (χ4n) is 2.37. The molecule has 1 aromatic carbocycles. The van der Waals surface area contributed by atoms with Gasteiger partial charge in [-0.2, -0.15) is 4.98 Å². The molecule has 0 fully saturated rings. The maximum atomic E-state index is 12.3. The molecule has 124 valence electrons. The van der Waals surface area contributed by atoms with Crippen LogP contribution in [-0.2, 0) is 0 Å². The van der Waals surface area contributed by atoms with Gasteiger partial charge in [-0.05, 0) is 45.0 Å². The molecular weight excluding hydrogens is 328 g/mol. The van der Waals surface area contributed by atoms with Crippen LogP contribution in [0.5, 0.6) is 0 Å². The number of nitrogens with zero attached hydrogens (tertiary/aromatic N) is 3. The van der Waals surface area contributed by atoms with Crippen molar-refractivity contribution in [1.29, 1.82) is 0 Å². The Balaban J connectivity index is 1.79. The summed E-state index contributed by atoms with van der Waals surface area (Å²) >= 11 is 6.14. The molecule has 0 saturated carbocycles. The van der Waals surface area contributed by atoms with Crippen LogP contribution in [0.3, 0.4) is 0 Å². The van der Waals surface area contributed by atoms with Crippen molar-refractivity contribution in [1.82, 2.24) is 14.8 Å². The first-order valence-corrected chi connectivity index (χ1v) is 7.92. The maximum absolute atomic E-state index is 12.3. The van der Waals surface area contributed by atoms with Crippen LogP contribution in [0.15, 0.2) is 40.8 Å². The molecule has 0 atom stereocenters. The highest BCUT2D eigenvalue weighted by Crippen LogP contribution is 2.29. The third kappa shape index (κ3) is 3.19. The molecule has 7 heteroatoms. The molecule has 2 heterocycles. The summed E-state index contributed by atoms with van der Waals surface area (Å²) in [7, 11) is 0. The number of anilines is 1. The Hall–Kier alpha value is -2.60. The Morgan fingerprint density at radius 3 is 2.67 bits per heavy atom. The van der Waals surface area contributed by atoms with E-state index >= 15 is 0 Å². The highest BCUT2D eigenvalue weighted by molar-refractivity contribution is 6.33. The fraction of sp³-hybridized carbons (Fsp3) is 0.235. The van der Waals surface area contributed by atoms with Gasteiger partial charge in [-0.15, -0.1) is 5.10 Å². The number of rotatable bonds is 4. The van der Waals surface area contributed by atoms with E-state index in [1.165, 1.54) is 0 Å². The Labute approximate surface area is 144 Å². The van der Waals surface area contributed by atoms with E-state index in [1.54, 1.807) is 22.9 Å². The molecule has 3 aromatic rings. The molecule has 0 aliphatic heterocycles. The van der Waals surface area contributed by atoms with E-state index in [0.717, 1.165) is 11.4 Å². The predicted octanol–water partition coefficient (Wildman–Crippen LogP) is 4.33. The largest absolute Gasteiger partial charge is 0.451 e. The fourth-order valence-corrected chi connectivity index (χ4v) is 2.60. The van der Waals surface area contributed by atoms with Crippen molar-refractivity contribution < 1.29 is 9.21 Å². The van der Waals surface area contributed by atoms with Crippen LogP contribution in [-0.4, -0.2) is 20.7 Å². The van der Waals surface area contributed by atoms with Crippen LogP contribution in [0.2, 0.25) is 5.02 Å². The molecule has 0 radical (unpaired) electrons. The number of aryl methyl sites for hydroxylation is 1. The zero-order valence-corrected chi connectivity index (χ0v) is 14.3. The minimum absolute atomic E-state index is 0.165. The first-order valence-electron chi connectivity index (χ1n) is 7.55. The van der Waals surface area contributed by atoms with Crippen molar-refractivity contribution in [3.05, 3.63) is 53.0 Å². The SMILES string of the molecule is Cc1nc(NC(=O)c2ccc(-c3ccccc3Cl)o2)nn1C(C)C. The quantitative estimate of drug-likeness (QED) is 0.764. The molecule has 24 heavy (non-hydrogen) atoms. The monoisotopic (exact) mass is 344 g/mol. The summed E-state index contributed by atoms with van der Waals surface area (Å²) in [4.78, 5) is 16.5. The zero-order valence-electron chi connectivity index (χ0n) is 13.6. The second-order valence-electron chi connectivity index (χ2n) is 5.62. The standard InChI is InChI=1S/C17H17ClN4O2/c1-10(2)22-11(3)19-17(21-22)20-16(23)15-9-8-14(24-15)12-6-4-5-7-13(12)18/h4-10H,1-3H3,(H,20,21,23). The lowest BCUT2D eigenvalue weighted by Gasteiger charge is -2.04. The number of hydrogen-bond acceptors (Lipinski definition) is 4. The van der Waals surface area contributed by atoms with E-state index in [-0.39, 0.29) is 17.8 Å². The minimum atomic E-state index is -0.408. The van der Waals surface area contributed by atoms with Crippen LogP contribution in [0.1, 0.15) is 36.3 Å². The molecule has 2 aromatic heterocycles. The van der Waals surface area contributed by atoms with Crippen molar-refractivity contribution in [2.45, 2.75) is 26.8 Å². The lowest BCUT2D eigenvalue weighted by atomic mass is 10.2. The molecular formula is C17H17ClN4O2. The summed E-state index contributed by atoms with van der Waals surface area (Å²) in [6.45, 7) is 5.83. The van der Waals surface area contributed by atoms with Gasteiger partial charge in [0.2, 0.25) is 5.95 Å². The second kappa shape index (κ2) is 6.49. The number of halogens is 1. The van der Waals surface area contributed by atoms with Gasteiger partial charge < -0.3 is 4.42 Å². The number of benzene rings is 1. The van der Waals surface area contributed by atoms with Crippen LogP contribution >= 0.6 is 11.6 Å². The van der Waals surface area contributed by atoms with Gasteiger partial charge in [0.25, 0.3) is 5.91 Å². The predicted molar refractivity (Wildman–Crippen MR) is 92.3 cm³/mol. The zero-order chi connectivity index (χ0) is 17.3. The van der Waals surface area contributed by atoms with E-state index in [4.69, 9.17) is 16.0 Å². The van der Waals surface area contributed by atoms with Crippen LogP contribution in [0, 0.1) is 6.92 Å². The Morgan fingerprint density at radius 2 is 2.00 bits per heavy atom. The first-order chi connectivity index (χ1) is 11.5. The molecule has 1 N–H and O–H groups in total. The maximum Gasteiger partial charge on any atom is 0.293 e. The van der Waals surface area contributed by atoms with Crippen molar-refractivity contribution >= 4 is 23.5 Å². The number of amides is 1. The summed E-state index contributed by atoms with van der Waals surface area (Å²) in [6, 6.07) is 10.8. The van der Waals surface area contributed by atoms with Gasteiger partial charge in [-0.3, -0.25) is 10.1 Å². The number of nitrogens with one attached hydrogen (secondary N) is 1. The average Bonchev–Trinajstić information content (AvgIpc) is 3.14. The Morgan fingerprint density at radius 1 is 1.25 bits per heavy atom. The van der Waals surface area contributed by atoms with Crippen LogP contribution in [0.25, 0.3) is 11.3 Å². The van der Waals surface area contributed by atoms with Crippen LogP contribution in [0.4, 0.5) is 5.95 Å². The smallest absolute Gasteiger partial charge is 0.293 e. The molecule has 0 saturated heterocycles. The normalized spacial score (nSPS) is 11.0. The topological polar surface area (TPSA) is 73.0 Å². The van der Waals surface area contributed by atoms with Gasteiger partial charge in [0.05, 0.1) is 5.02 Å². The van der Waals surface area contributed by atoms with E-state index < -0.39 is 5.91 Å². The van der Waals surface area contributed by atoms with E-state index in [9.17, 15) is 4.79 Å². The average molecular weight is 345 g/mol. The number of carbonyl (C=O) groups is 1. The number of furan rings is 1. The van der Waals surface area contributed by atoms with Gasteiger partial charge in [-0.25, -0.2) is 4.68 Å². The lowest BCUT2D eigenvalue weighted by molar-refractivity contribution is 0.0996. The Bertz CT molecular complexity index is 882. The molecule has 0 aliphatic carbocycles. The minimum Gasteiger partial charge on any atom is -0.451 e. The summed E-state index contributed by atoms with van der Waals surface area (Å²) < 4.78 is 7.35.